The monoisotopic (exact) mass is 251 g/mol. The number of hydrogen-bond acceptors (Lipinski definition) is 2. The zero-order valence-electron chi connectivity index (χ0n) is 11.0. The maximum absolute atomic E-state index is 13.4. The largest absolute Gasteiger partial charge is 0.491 e. The van der Waals surface area contributed by atoms with Crippen LogP contribution in [0.5, 0.6) is 5.75 Å². The summed E-state index contributed by atoms with van der Waals surface area (Å²) >= 11 is 0. The maximum Gasteiger partial charge on any atom is 0.165 e. The minimum Gasteiger partial charge on any atom is -0.491 e. The van der Waals surface area contributed by atoms with Crippen molar-refractivity contribution in [1.29, 1.82) is 0 Å². The summed E-state index contributed by atoms with van der Waals surface area (Å²) in [6.07, 6.45) is 5.98. The van der Waals surface area contributed by atoms with Crippen molar-refractivity contribution in [2.24, 2.45) is 0 Å². The summed E-state index contributed by atoms with van der Waals surface area (Å²) in [6, 6.07) is 5.77. The number of nitrogens with one attached hydrogen (secondary N) is 1. The van der Waals surface area contributed by atoms with E-state index in [9.17, 15) is 4.39 Å². The van der Waals surface area contributed by atoms with Gasteiger partial charge in [0.25, 0.3) is 0 Å². The third kappa shape index (κ3) is 4.65. The van der Waals surface area contributed by atoms with Crippen LogP contribution in [0.4, 0.5) is 4.39 Å². The molecule has 100 valence electrons. The van der Waals surface area contributed by atoms with E-state index >= 15 is 0 Å². The molecule has 3 heteroatoms. The lowest BCUT2D eigenvalue weighted by Crippen LogP contribution is -2.17. The Morgan fingerprint density at radius 1 is 1.28 bits per heavy atom. The van der Waals surface area contributed by atoms with Gasteiger partial charge in [-0.05, 0) is 63.3 Å². The minimum atomic E-state index is -0.268. The van der Waals surface area contributed by atoms with E-state index in [0.29, 0.717) is 12.4 Å². The van der Waals surface area contributed by atoms with Crippen molar-refractivity contribution < 1.29 is 9.13 Å². The van der Waals surface area contributed by atoms with E-state index in [0.717, 1.165) is 31.0 Å². The summed E-state index contributed by atoms with van der Waals surface area (Å²) in [4.78, 5) is 0. The Balaban J connectivity index is 1.55. The molecule has 0 bridgehead atoms. The van der Waals surface area contributed by atoms with Crippen LogP contribution in [-0.2, 0) is 0 Å². The molecule has 1 fully saturated rings. The molecule has 2 nitrogen and oxygen atoms in total. The third-order valence-electron chi connectivity index (χ3n) is 3.18. The van der Waals surface area contributed by atoms with Crippen LogP contribution in [0, 0.1) is 12.7 Å². The molecule has 1 aromatic rings. The number of aryl methyl sites for hydroxylation is 1. The lowest BCUT2D eigenvalue weighted by molar-refractivity contribution is 0.290. The summed E-state index contributed by atoms with van der Waals surface area (Å²) in [6.45, 7) is 3.64. The molecule has 0 heterocycles. The molecule has 1 N–H and O–H groups in total. The first-order chi connectivity index (χ1) is 8.75. The Morgan fingerprint density at radius 2 is 2.11 bits per heavy atom. The molecule has 0 unspecified atom stereocenters. The normalized spacial score (nSPS) is 14.8. The van der Waals surface area contributed by atoms with Gasteiger partial charge < -0.3 is 10.1 Å². The SMILES string of the molecule is Cc1ccc(F)c(OCCCCCNC2CC2)c1. The summed E-state index contributed by atoms with van der Waals surface area (Å²) in [5.41, 5.74) is 1.03. The van der Waals surface area contributed by atoms with Gasteiger partial charge in [-0.25, -0.2) is 4.39 Å². The highest BCUT2D eigenvalue weighted by atomic mass is 19.1. The van der Waals surface area contributed by atoms with Gasteiger partial charge in [-0.3, -0.25) is 0 Å². The predicted molar refractivity (Wildman–Crippen MR) is 71.5 cm³/mol. The van der Waals surface area contributed by atoms with Gasteiger partial charge in [-0.1, -0.05) is 6.07 Å². The number of benzene rings is 1. The number of rotatable bonds is 8. The van der Waals surface area contributed by atoms with Crippen LogP contribution in [0.2, 0.25) is 0 Å². The van der Waals surface area contributed by atoms with Gasteiger partial charge in [0.2, 0.25) is 0 Å². The zero-order valence-corrected chi connectivity index (χ0v) is 11.0. The van der Waals surface area contributed by atoms with Crippen LogP contribution < -0.4 is 10.1 Å². The fraction of sp³-hybridized carbons (Fsp3) is 0.600. The topological polar surface area (TPSA) is 21.3 Å². The molecule has 2 rings (SSSR count). The van der Waals surface area contributed by atoms with E-state index in [4.69, 9.17) is 4.74 Å². The Hall–Kier alpha value is -1.09. The van der Waals surface area contributed by atoms with Crippen molar-refractivity contribution in [3.63, 3.8) is 0 Å². The molecular formula is C15H22FNO. The van der Waals surface area contributed by atoms with Gasteiger partial charge >= 0.3 is 0 Å². The molecule has 0 atom stereocenters. The molecule has 1 saturated carbocycles. The van der Waals surface area contributed by atoms with Crippen molar-refractivity contribution in [1.82, 2.24) is 5.32 Å². The molecule has 0 radical (unpaired) electrons. The number of hydrogen-bond donors (Lipinski definition) is 1. The second-order valence-corrected chi connectivity index (χ2v) is 5.07. The van der Waals surface area contributed by atoms with Crippen molar-refractivity contribution in [3.05, 3.63) is 29.6 Å². The summed E-state index contributed by atoms with van der Waals surface area (Å²) < 4.78 is 18.8. The number of ether oxygens (including phenoxy) is 1. The molecule has 1 aliphatic carbocycles. The zero-order chi connectivity index (χ0) is 12.8. The smallest absolute Gasteiger partial charge is 0.165 e. The van der Waals surface area contributed by atoms with Crippen LogP contribution in [0.15, 0.2) is 18.2 Å². The van der Waals surface area contributed by atoms with Crippen molar-refractivity contribution in [2.45, 2.75) is 45.1 Å². The van der Waals surface area contributed by atoms with Gasteiger partial charge in [0.15, 0.2) is 11.6 Å². The predicted octanol–water partition coefficient (Wildman–Crippen LogP) is 3.44. The second-order valence-electron chi connectivity index (χ2n) is 5.07. The first-order valence-corrected chi connectivity index (χ1v) is 6.88. The fourth-order valence-electron chi connectivity index (χ4n) is 1.90. The summed E-state index contributed by atoms with van der Waals surface area (Å²) in [5, 5.41) is 3.48. The second kappa shape index (κ2) is 6.74. The molecule has 1 aliphatic rings. The van der Waals surface area contributed by atoms with Gasteiger partial charge in [-0.15, -0.1) is 0 Å². The molecule has 0 aliphatic heterocycles. The summed E-state index contributed by atoms with van der Waals surface area (Å²) in [5.74, 6) is 0.113. The highest BCUT2D eigenvalue weighted by Crippen LogP contribution is 2.19. The number of unbranched alkanes of at least 4 members (excludes halogenated alkanes) is 2. The van der Waals surface area contributed by atoms with Crippen molar-refractivity contribution in [3.8, 4) is 5.75 Å². The highest BCUT2D eigenvalue weighted by Gasteiger charge is 2.19. The van der Waals surface area contributed by atoms with Crippen LogP contribution in [0.3, 0.4) is 0 Å². The molecule has 18 heavy (non-hydrogen) atoms. The van der Waals surface area contributed by atoms with Crippen LogP contribution >= 0.6 is 0 Å². The molecule has 1 aromatic carbocycles. The van der Waals surface area contributed by atoms with Crippen molar-refractivity contribution >= 4 is 0 Å². The van der Waals surface area contributed by atoms with Gasteiger partial charge in [0, 0.05) is 6.04 Å². The standard InChI is InChI=1S/C15H22FNO/c1-12-5-8-14(16)15(11-12)18-10-4-2-3-9-17-13-6-7-13/h5,8,11,13,17H,2-4,6-7,9-10H2,1H3. The lowest BCUT2D eigenvalue weighted by Gasteiger charge is -2.08. The van der Waals surface area contributed by atoms with Gasteiger partial charge in [-0.2, -0.15) is 0 Å². The van der Waals surface area contributed by atoms with Crippen LogP contribution in [0.1, 0.15) is 37.7 Å². The van der Waals surface area contributed by atoms with Crippen LogP contribution in [-0.4, -0.2) is 19.2 Å². The van der Waals surface area contributed by atoms with Gasteiger partial charge in [0.1, 0.15) is 0 Å². The third-order valence-corrected chi connectivity index (χ3v) is 3.18. The minimum absolute atomic E-state index is 0.268. The van der Waals surface area contributed by atoms with E-state index in [1.54, 1.807) is 12.1 Å². The fourth-order valence-corrected chi connectivity index (χ4v) is 1.90. The van der Waals surface area contributed by atoms with Gasteiger partial charge in [0.05, 0.1) is 6.61 Å². The maximum atomic E-state index is 13.4. The van der Waals surface area contributed by atoms with E-state index in [1.807, 2.05) is 6.92 Å². The lowest BCUT2D eigenvalue weighted by atomic mass is 10.2. The Labute approximate surface area is 109 Å². The molecule has 0 aromatic heterocycles. The molecular weight excluding hydrogens is 229 g/mol. The average Bonchev–Trinajstić information content (AvgIpc) is 3.16. The first kappa shape index (κ1) is 13.3. The average molecular weight is 251 g/mol. The number of halogens is 1. The quantitative estimate of drug-likeness (QED) is 0.715. The molecule has 0 saturated heterocycles. The van der Waals surface area contributed by atoms with Crippen molar-refractivity contribution in [2.75, 3.05) is 13.2 Å². The summed E-state index contributed by atoms with van der Waals surface area (Å²) in [7, 11) is 0. The van der Waals surface area contributed by atoms with E-state index in [2.05, 4.69) is 5.32 Å². The van der Waals surface area contributed by atoms with Crippen LogP contribution in [0.25, 0.3) is 0 Å². The van der Waals surface area contributed by atoms with E-state index < -0.39 is 0 Å². The Morgan fingerprint density at radius 3 is 2.89 bits per heavy atom. The molecule has 0 spiro atoms. The highest BCUT2D eigenvalue weighted by molar-refractivity contribution is 5.29. The van der Waals surface area contributed by atoms with E-state index in [-0.39, 0.29) is 5.82 Å². The Kier molecular flexibility index (Phi) is 5.00. The molecule has 0 amide bonds. The first-order valence-electron chi connectivity index (χ1n) is 6.88. The van der Waals surface area contributed by atoms with E-state index in [1.165, 1.54) is 25.3 Å². The Bertz CT molecular complexity index is 377.